The molecule has 0 aromatic rings. The van der Waals surface area contributed by atoms with E-state index in [1.165, 1.54) is 6.08 Å². The molecular weight excluding hydrogens is 193 g/mol. The van der Waals surface area contributed by atoms with Gasteiger partial charge in [-0.2, -0.15) is 0 Å². The Bertz CT molecular complexity index is 113. The Hall–Kier alpha value is -0.0999. The van der Waals surface area contributed by atoms with E-state index >= 15 is 0 Å². The van der Waals surface area contributed by atoms with Gasteiger partial charge in [0.1, 0.15) is 0 Å². The molecule has 0 N–H and O–H groups in total. The van der Waals surface area contributed by atoms with Crippen LogP contribution in [0.15, 0.2) is 11.8 Å². The fraction of sp³-hybridized carbons (Fsp3) is 0.250. The van der Waals surface area contributed by atoms with E-state index in [4.69, 9.17) is 8.12 Å². The van der Waals surface area contributed by atoms with Crippen molar-refractivity contribution in [3.63, 3.8) is 0 Å². The molecule has 0 rings (SSSR count). The molecule has 3 heteroatoms. The second kappa shape index (κ2) is 4.07. The van der Waals surface area contributed by atoms with Crippen LogP contribution in [0.25, 0.3) is 0 Å². The molecule has 2 nitrogen and oxygen atoms in total. The minimum absolute atomic E-state index is 0.699. The van der Waals surface area contributed by atoms with Crippen molar-refractivity contribution in [3.8, 4) is 6.07 Å². The Morgan fingerprint density at radius 2 is 2.57 bits per heavy atom. The van der Waals surface area contributed by atoms with Gasteiger partial charge in [0.25, 0.3) is 0 Å². The van der Waals surface area contributed by atoms with E-state index in [9.17, 15) is 0 Å². The molecule has 0 saturated carbocycles. The number of rotatable bonds is 1. The van der Waals surface area contributed by atoms with Crippen LogP contribution < -0.4 is 0 Å². The predicted octanol–water partition coefficient (Wildman–Crippen LogP) is 0.514. The van der Waals surface area contributed by atoms with Gasteiger partial charge in [-0.15, -0.1) is 0 Å². The Labute approximate surface area is 58.0 Å². The molecule has 0 aromatic heterocycles. The van der Waals surface area contributed by atoms with Crippen molar-refractivity contribution in [2.45, 2.75) is 6.92 Å². The zero-order valence-corrected chi connectivity index (χ0v) is 7.31. The zero-order chi connectivity index (χ0) is 5.70. The molecule has 0 aromatic carbocycles. The third kappa shape index (κ3) is 3.74. The predicted molar refractivity (Wildman–Crippen MR) is 26.2 cm³/mol. The van der Waals surface area contributed by atoms with Crippen LogP contribution in [0.5, 0.6) is 0 Å². The Balaban J connectivity index is 3.56. The van der Waals surface area contributed by atoms with Crippen molar-refractivity contribution >= 4 is 24.8 Å². The van der Waals surface area contributed by atoms with E-state index in [0.29, 0.717) is 5.76 Å². The molecule has 0 amide bonds. The number of nitriles is 1. The van der Waals surface area contributed by atoms with Gasteiger partial charge in [-0.1, -0.05) is 0 Å². The van der Waals surface area contributed by atoms with E-state index in [-0.39, 0.29) is 0 Å². The summed E-state index contributed by atoms with van der Waals surface area (Å²) in [5, 5.41) is 7.98. The van der Waals surface area contributed by atoms with Gasteiger partial charge >= 0.3 is 57.8 Å². The topological polar surface area (TPSA) is 33.0 Å². The Morgan fingerprint density at radius 1 is 2.00 bits per heavy atom. The van der Waals surface area contributed by atoms with Crippen molar-refractivity contribution in [1.82, 2.24) is 0 Å². The average Bonchev–Trinajstić information content (AvgIpc) is 1.68. The Kier molecular flexibility index (Phi) is 4.01. The first-order valence-corrected chi connectivity index (χ1v) is 3.09. The number of hydrogen-bond donors (Lipinski definition) is 0. The van der Waals surface area contributed by atoms with E-state index in [1.807, 2.05) is 6.07 Å². The van der Waals surface area contributed by atoms with E-state index < -0.39 is 0 Å². The minimum atomic E-state index is 0.699. The number of hydrogen-bond acceptors (Lipinski definition) is 2. The van der Waals surface area contributed by atoms with Crippen LogP contribution in [0, 0.1) is 11.3 Å². The molecule has 34 valence electrons. The quantitative estimate of drug-likeness (QED) is 0.453. The second-order valence-corrected chi connectivity index (χ2v) is 1.67. The summed E-state index contributed by atoms with van der Waals surface area (Å²) in [7, 11) is 0. The van der Waals surface area contributed by atoms with Crippen LogP contribution >= 0.6 is 0 Å². The molecule has 0 spiro atoms. The molecule has 0 bridgehead atoms. The van der Waals surface area contributed by atoms with Crippen LogP contribution in [-0.4, -0.2) is 24.8 Å². The van der Waals surface area contributed by atoms with Crippen molar-refractivity contribution < 1.29 is 2.85 Å². The van der Waals surface area contributed by atoms with E-state index in [2.05, 4.69) is 0 Å². The molecule has 0 heterocycles. The molecule has 0 aliphatic heterocycles. The molecule has 0 unspecified atom stereocenters. The third-order valence-corrected chi connectivity index (χ3v) is 1.51. The molecule has 0 saturated heterocycles. The first kappa shape index (κ1) is 6.90. The van der Waals surface area contributed by atoms with Gasteiger partial charge in [-0.05, 0) is 0 Å². The standard InChI is InChI=1S/C4H5NO.In/c1-4(6)2-3-5;/h2,6H,1H3;/q;+1/p-1/b4-2-;. The van der Waals surface area contributed by atoms with Crippen LogP contribution in [0.3, 0.4) is 0 Å². The SMILES string of the molecule is C/C(=C/C#N)[O][In]. The molecule has 0 fully saturated rings. The third-order valence-electron chi connectivity index (χ3n) is 0.454. The van der Waals surface area contributed by atoms with Crippen molar-refractivity contribution in [3.05, 3.63) is 11.8 Å². The first-order chi connectivity index (χ1) is 3.31. The van der Waals surface area contributed by atoms with Gasteiger partial charge in [0.15, 0.2) is 0 Å². The summed E-state index contributed by atoms with van der Waals surface area (Å²) >= 11 is 0.723. The number of nitrogens with zero attached hydrogens (tertiary/aromatic N) is 1. The summed E-state index contributed by atoms with van der Waals surface area (Å²) in [6, 6.07) is 1.85. The van der Waals surface area contributed by atoms with Gasteiger partial charge < -0.3 is 0 Å². The maximum atomic E-state index is 7.98. The number of allylic oxidation sites excluding steroid dienone is 2. The Morgan fingerprint density at radius 3 is 2.71 bits per heavy atom. The summed E-state index contributed by atoms with van der Waals surface area (Å²) in [5.41, 5.74) is 0. The summed E-state index contributed by atoms with van der Waals surface area (Å²) in [4.78, 5) is 0. The van der Waals surface area contributed by atoms with E-state index in [1.54, 1.807) is 6.92 Å². The second-order valence-electron chi connectivity index (χ2n) is 1.00. The van der Waals surface area contributed by atoms with Crippen molar-refractivity contribution in [1.29, 1.82) is 5.26 Å². The normalized spacial score (nSPS) is 10.0. The summed E-state index contributed by atoms with van der Waals surface area (Å²) in [6.45, 7) is 1.76. The fourth-order valence-electron chi connectivity index (χ4n) is 0.125. The summed E-state index contributed by atoms with van der Waals surface area (Å²) in [6.07, 6.45) is 1.38. The van der Waals surface area contributed by atoms with Gasteiger partial charge in [0.2, 0.25) is 0 Å². The maximum absolute atomic E-state index is 7.98. The van der Waals surface area contributed by atoms with Gasteiger partial charge in [-0.25, -0.2) is 0 Å². The van der Waals surface area contributed by atoms with Gasteiger partial charge in [0.05, 0.1) is 0 Å². The fourth-order valence-corrected chi connectivity index (χ4v) is 0.319. The molecule has 2 radical (unpaired) electrons. The molecular formula is C4H4InNO. The van der Waals surface area contributed by atoms with Crippen LogP contribution in [0.4, 0.5) is 0 Å². The van der Waals surface area contributed by atoms with Crippen molar-refractivity contribution in [2.75, 3.05) is 0 Å². The van der Waals surface area contributed by atoms with Crippen LogP contribution in [0.2, 0.25) is 0 Å². The summed E-state index contributed by atoms with van der Waals surface area (Å²) < 4.78 is 4.76. The monoisotopic (exact) mass is 197 g/mol. The molecule has 7 heavy (non-hydrogen) atoms. The molecule has 0 aliphatic rings. The van der Waals surface area contributed by atoms with Crippen molar-refractivity contribution in [2.24, 2.45) is 0 Å². The van der Waals surface area contributed by atoms with Crippen LogP contribution in [0.1, 0.15) is 6.92 Å². The van der Waals surface area contributed by atoms with E-state index in [0.717, 1.165) is 24.8 Å². The van der Waals surface area contributed by atoms with Crippen LogP contribution in [-0.2, 0) is 2.85 Å². The average molecular weight is 197 g/mol. The molecule has 0 atom stereocenters. The van der Waals surface area contributed by atoms with Gasteiger partial charge in [-0.3, -0.25) is 0 Å². The zero-order valence-electron chi connectivity index (χ0n) is 4.01. The van der Waals surface area contributed by atoms with Gasteiger partial charge in [0, 0.05) is 0 Å². The first-order valence-electron chi connectivity index (χ1n) is 1.74. The summed E-state index contributed by atoms with van der Waals surface area (Å²) in [5.74, 6) is 0.699. The molecule has 0 aliphatic carbocycles.